The molecule has 2 aliphatic rings. The summed E-state index contributed by atoms with van der Waals surface area (Å²) in [6.45, 7) is -0.966. The van der Waals surface area contributed by atoms with Gasteiger partial charge in [-0.25, -0.2) is 9.59 Å². The van der Waals surface area contributed by atoms with E-state index in [-0.39, 0.29) is 35.8 Å². The zero-order valence-electron chi connectivity index (χ0n) is 11.1. The predicted octanol–water partition coefficient (Wildman–Crippen LogP) is -1.19. The number of hydrogen-bond donors (Lipinski definition) is 0. The Kier molecular flexibility index (Phi) is 4.34. The average Bonchev–Trinajstić information content (AvgIpc) is 2.95. The van der Waals surface area contributed by atoms with Crippen molar-refractivity contribution >= 4 is 35.8 Å². The lowest BCUT2D eigenvalue weighted by molar-refractivity contribution is -0.201. The second kappa shape index (κ2) is 6.20. The van der Waals surface area contributed by atoms with E-state index in [1.807, 2.05) is 0 Å². The molecule has 118 valence electrons. The first-order valence-corrected chi connectivity index (χ1v) is 6.15. The highest BCUT2D eigenvalue weighted by atomic mass is 16.8. The van der Waals surface area contributed by atoms with Crippen molar-refractivity contribution in [1.82, 2.24) is 10.1 Å². The van der Waals surface area contributed by atoms with Gasteiger partial charge in [0.05, 0.1) is 0 Å². The zero-order valence-corrected chi connectivity index (χ0v) is 11.1. The van der Waals surface area contributed by atoms with Gasteiger partial charge < -0.3 is 9.57 Å². The Balaban J connectivity index is 1.75. The van der Waals surface area contributed by atoms with Crippen LogP contribution in [0.5, 0.6) is 0 Å². The molecule has 2 rings (SSSR count). The van der Waals surface area contributed by atoms with E-state index in [9.17, 15) is 28.8 Å². The number of amides is 4. The molecule has 2 saturated heterocycles. The molecular formula is C11H10N2O9. The Hall–Kier alpha value is -2.98. The smallest absolute Gasteiger partial charge is 0.421 e. The van der Waals surface area contributed by atoms with Crippen molar-refractivity contribution in [1.29, 1.82) is 0 Å². The van der Waals surface area contributed by atoms with E-state index < -0.39 is 42.4 Å². The lowest BCUT2D eigenvalue weighted by Crippen LogP contribution is -2.35. The standard InChI is InChI=1S/C11H10N2O9/c14-6-1-2-7(15)12(6)21-10(18)5-20-11(19)22-13-8(16)3-4-9(13)17/h1-5H2. The Morgan fingerprint density at radius 1 is 0.773 bits per heavy atom. The Morgan fingerprint density at radius 3 is 1.64 bits per heavy atom. The van der Waals surface area contributed by atoms with E-state index >= 15 is 0 Å². The molecular weight excluding hydrogens is 304 g/mol. The van der Waals surface area contributed by atoms with E-state index in [4.69, 9.17) is 0 Å². The summed E-state index contributed by atoms with van der Waals surface area (Å²) in [6, 6.07) is 0. The Bertz CT molecular complexity index is 488. The minimum Gasteiger partial charge on any atom is -0.421 e. The summed E-state index contributed by atoms with van der Waals surface area (Å²) in [4.78, 5) is 75.9. The van der Waals surface area contributed by atoms with Crippen LogP contribution >= 0.6 is 0 Å². The third kappa shape index (κ3) is 3.37. The van der Waals surface area contributed by atoms with Crippen molar-refractivity contribution in [3.05, 3.63) is 0 Å². The van der Waals surface area contributed by atoms with Gasteiger partial charge in [0.15, 0.2) is 6.61 Å². The van der Waals surface area contributed by atoms with E-state index in [1.165, 1.54) is 0 Å². The maximum atomic E-state index is 11.3. The van der Waals surface area contributed by atoms with Crippen LogP contribution in [0.15, 0.2) is 0 Å². The van der Waals surface area contributed by atoms with Crippen LogP contribution in [0.4, 0.5) is 4.79 Å². The predicted molar refractivity (Wildman–Crippen MR) is 60.7 cm³/mol. The molecule has 0 aromatic heterocycles. The molecule has 0 atom stereocenters. The third-order valence-corrected chi connectivity index (χ3v) is 2.68. The van der Waals surface area contributed by atoms with E-state index in [0.29, 0.717) is 0 Å². The van der Waals surface area contributed by atoms with Crippen LogP contribution in [0.25, 0.3) is 0 Å². The van der Waals surface area contributed by atoms with Crippen LogP contribution in [0.1, 0.15) is 25.7 Å². The number of hydrogen-bond acceptors (Lipinski definition) is 9. The van der Waals surface area contributed by atoms with Crippen LogP contribution in [-0.4, -0.2) is 52.5 Å². The van der Waals surface area contributed by atoms with E-state index in [2.05, 4.69) is 14.4 Å². The lowest BCUT2D eigenvalue weighted by Gasteiger charge is -2.14. The summed E-state index contributed by atoms with van der Waals surface area (Å²) >= 11 is 0. The molecule has 0 bridgehead atoms. The van der Waals surface area contributed by atoms with Crippen LogP contribution in [-0.2, 0) is 38.4 Å². The van der Waals surface area contributed by atoms with Gasteiger partial charge in [0.2, 0.25) is 0 Å². The topological polar surface area (TPSA) is 137 Å². The van der Waals surface area contributed by atoms with Gasteiger partial charge in [0.1, 0.15) is 0 Å². The van der Waals surface area contributed by atoms with Gasteiger partial charge in [-0.3, -0.25) is 24.0 Å². The average molecular weight is 314 g/mol. The maximum Gasteiger partial charge on any atom is 0.534 e. The third-order valence-electron chi connectivity index (χ3n) is 2.68. The summed E-state index contributed by atoms with van der Waals surface area (Å²) in [7, 11) is 0. The fourth-order valence-electron chi connectivity index (χ4n) is 1.66. The van der Waals surface area contributed by atoms with Crippen LogP contribution in [0, 0.1) is 0 Å². The van der Waals surface area contributed by atoms with Crippen molar-refractivity contribution < 1.29 is 43.2 Å². The second-order valence-corrected chi connectivity index (χ2v) is 4.26. The number of hydroxylamine groups is 4. The molecule has 2 fully saturated rings. The fraction of sp³-hybridized carbons (Fsp3) is 0.455. The van der Waals surface area contributed by atoms with Gasteiger partial charge in [0.25, 0.3) is 23.6 Å². The fourth-order valence-corrected chi connectivity index (χ4v) is 1.66. The molecule has 0 unspecified atom stereocenters. The number of carbonyl (C=O) groups is 6. The first kappa shape index (κ1) is 15.4. The number of carbonyl (C=O) groups excluding carboxylic acids is 6. The Labute approximate surface area is 122 Å². The molecule has 2 aliphatic heterocycles. The summed E-state index contributed by atoms with van der Waals surface area (Å²) < 4.78 is 4.31. The van der Waals surface area contributed by atoms with Crippen molar-refractivity contribution in [2.24, 2.45) is 0 Å². The molecule has 0 aliphatic carbocycles. The second-order valence-electron chi connectivity index (χ2n) is 4.26. The highest BCUT2D eigenvalue weighted by Crippen LogP contribution is 2.13. The van der Waals surface area contributed by atoms with E-state index in [1.54, 1.807) is 0 Å². The zero-order chi connectivity index (χ0) is 16.3. The monoisotopic (exact) mass is 314 g/mol. The minimum absolute atomic E-state index is 0.0752. The summed E-state index contributed by atoms with van der Waals surface area (Å²) in [5.41, 5.74) is 0. The van der Waals surface area contributed by atoms with Crippen molar-refractivity contribution in [3.63, 3.8) is 0 Å². The molecule has 0 aromatic carbocycles. The molecule has 4 amide bonds. The minimum atomic E-state index is -1.47. The quantitative estimate of drug-likeness (QED) is 0.463. The first-order chi connectivity index (χ1) is 10.4. The number of nitrogens with zero attached hydrogens (tertiary/aromatic N) is 2. The van der Waals surface area contributed by atoms with Crippen molar-refractivity contribution in [2.75, 3.05) is 6.61 Å². The molecule has 0 spiro atoms. The largest absolute Gasteiger partial charge is 0.534 e. The number of imide groups is 2. The van der Waals surface area contributed by atoms with Crippen LogP contribution < -0.4 is 0 Å². The molecule has 0 saturated carbocycles. The Morgan fingerprint density at radius 2 is 1.18 bits per heavy atom. The van der Waals surface area contributed by atoms with E-state index in [0.717, 1.165) is 0 Å². The molecule has 0 radical (unpaired) electrons. The maximum absolute atomic E-state index is 11.3. The normalized spacial score (nSPS) is 18.0. The molecule has 0 N–H and O–H groups in total. The molecule has 22 heavy (non-hydrogen) atoms. The van der Waals surface area contributed by atoms with Gasteiger partial charge in [-0.2, -0.15) is 0 Å². The van der Waals surface area contributed by atoms with Gasteiger partial charge in [0, 0.05) is 25.7 Å². The summed E-state index contributed by atoms with van der Waals surface area (Å²) in [5, 5.41) is 0.520. The number of ether oxygens (including phenoxy) is 1. The highest BCUT2D eigenvalue weighted by molar-refractivity contribution is 6.02. The summed E-state index contributed by atoms with van der Waals surface area (Å²) in [5.74, 6) is -3.99. The summed E-state index contributed by atoms with van der Waals surface area (Å²) in [6.07, 6.45) is -1.80. The molecule has 11 nitrogen and oxygen atoms in total. The van der Waals surface area contributed by atoms with Crippen LogP contribution in [0.3, 0.4) is 0 Å². The molecule has 2 heterocycles. The highest BCUT2D eigenvalue weighted by Gasteiger charge is 2.35. The lowest BCUT2D eigenvalue weighted by atomic mass is 10.4. The van der Waals surface area contributed by atoms with Crippen molar-refractivity contribution in [3.8, 4) is 0 Å². The number of rotatable bonds is 4. The van der Waals surface area contributed by atoms with Gasteiger partial charge in [-0.15, -0.1) is 5.06 Å². The van der Waals surface area contributed by atoms with Gasteiger partial charge in [-0.05, 0) is 0 Å². The SMILES string of the molecule is O=C(COC(=O)ON1C(=O)CCC1=O)ON1C(=O)CCC1=O. The first-order valence-electron chi connectivity index (χ1n) is 6.15. The van der Waals surface area contributed by atoms with Gasteiger partial charge in [-0.1, -0.05) is 5.06 Å². The van der Waals surface area contributed by atoms with Gasteiger partial charge >= 0.3 is 12.1 Å². The molecule has 11 heteroatoms. The van der Waals surface area contributed by atoms with Crippen LogP contribution in [0.2, 0.25) is 0 Å². The van der Waals surface area contributed by atoms with Crippen molar-refractivity contribution in [2.45, 2.75) is 25.7 Å². The molecule has 0 aromatic rings.